The molecule has 98 valence electrons. The fourth-order valence-electron chi connectivity index (χ4n) is 2.25. The van der Waals surface area contributed by atoms with E-state index >= 15 is 0 Å². The highest BCUT2D eigenvalue weighted by atomic mass is 16.4. The lowest BCUT2D eigenvalue weighted by molar-refractivity contribution is -0.160. The quantitative estimate of drug-likeness (QED) is 0.838. The number of carbonyl (C=O) groups excluding carboxylic acids is 1. The Morgan fingerprint density at radius 2 is 1.89 bits per heavy atom. The van der Waals surface area contributed by atoms with E-state index in [1.165, 1.54) is 4.90 Å². The Labute approximate surface area is 111 Å². The van der Waals surface area contributed by atoms with Crippen molar-refractivity contribution in [2.75, 3.05) is 11.9 Å². The monoisotopic (exact) mass is 258 g/mol. The summed E-state index contributed by atoms with van der Waals surface area (Å²) in [5.74, 6) is -1.44. The minimum absolute atomic E-state index is 0.391. The molecule has 0 radical (unpaired) electrons. The number of hydrogen-bond acceptors (Lipinski definition) is 3. The summed E-state index contributed by atoms with van der Waals surface area (Å²) in [5.41, 5.74) is -0.166. The maximum absolute atomic E-state index is 12.3. The third-order valence-corrected chi connectivity index (χ3v) is 3.71. The molecule has 0 aromatic heterocycles. The van der Waals surface area contributed by atoms with E-state index in [-0.39, 0.29) is 0 Å². The molecule has 0 spiro atoms. The Kier molecular flexibility index (Phi) is 3.26. The summed E-state index contributed by atoms with van der Waals surface area (Å²) in [4.78, 5) is 25.0. The molecule has 0 heterocycles. The fourth-order valence-corrected chi connectivity index (χ4v) is 2.25. The Bertz CT molecular complexity index is 553. The van der Waals surface area contributed by atoms with Crippen molar-refractivity contribution < 1.29 is 14.7 Å². The minimum Gasteiger partial charge on any atom is -0.480 e. The maximum atomic E-state index is 12.3. The van der Waals surface area contributed by atoms with E-state index in [1.807, 2.05) is 6.07 Å². The largest absolute Gasteiger partial charge is 0.480 e. The summed E-state index contributed by atoms with van der Waals surface area (Å²) in [6.07, 6.45) is 1.54. The molecule has 5 heteroatoms. The molecule has 1 aromatic rings. The number of carboxylic acid groups (broad SMARTS) is 1. The second-order valence-corrected chi connectivity index (χ2v) is 4.76. The van der Waals surface area contributed by atoms with Crippen LogP contribution in [0.3, 0.4) is 0 Å². The van der Waals surface area contributed by atoms with E-state index < -0.39 is 17.3 Å². The number of nitrogens with zero attached hydrogens (tertiary/aromatic N) is 2. The number of benzene rings is 1. The van der Waals surface area contributed by atoms with Crippen molar-refractivity contribution in [1.82, 2.24) is 0 Å². The van der Waals surface area contributed by atoms with Gasteiger partial charge < -0.3 is 10.0 Å². The van der Waals surface area contributed by atoms with Crippen molar-refractivity contribution in [3.8, 4) is 6.07 Å². The van der Waals surface area contributed by atoms with E-state index in [2.05, 4.69) is 0 Å². The molecule has 1 aromatic carbocycles. The zero-order valence-corrected chi connectivity index (χ0v) is 10.6. The Morgan fingerprint density at radius 1 is 1.32 bits per heavy atom. The molecule has 1 saturated carbocycles. The van der Waals surface area contributed by atoms with Gasteiger partial charge in [0.2, 0.25) is 5.91 Å². The predicted octanol–water partition coefficient (Wildman–Crippen LogP) is 1.78. The van der Waals surface area contributed by atoms with Crippen LogP contribution >= 0.6 is 0 Å². The number of aliphatic carboxylic acids is 1. The van der Waals surface area contributed by atoms with Crippen LogP contribution < -0.4 is 4.90 Å². The van der Waals surface area contributed by atoms with Gasteiger partial charge in [-0.2, -0.15) is 5.26 Å². The van der Waals surface area contributed by atoms with Crippen molar-refractivity contribution in [3.63, 3.8) is 0 Å². The molecule has 1 aliphatic rings. The van der Waals surface area contributed by atoms with Crippen molar-refractivity contribution in [2.24, 2.45) is 5.41 Å². The van der Waals surface area contributed by atoms with Gasteiger partial charge in [-0.25, -0.2) is 0 Å². The third kappa shape index (κ3) is 2.06. The zero-order chi connectivity index (χ0) is 14.0. The minimum atomic E-state index is -1.26. The van der Waals surface area contributed by atoms with Crippen LogP contribution in [0.4, 0.5) is 5.69 Å². The van der Waals surface area contributed by atoms with Crippen LogP contribution in [0.15, 0.2) is 24.3 Å². The highest BCUT2D eigenvalue weighted by Crippen LogP contribution is 2.43. The van der Waals surface area contributed by atoms with Crippen LogP contribution in [0.25, 0.3) is 0 Å². The Morgan fingerprint density at radius 3 is 2.26 bits per heavy atom. The van der Waals surface area contributed by atoms with Gasteiger partial charge in [-0.3, -0.25) is 9.59 Å². The van der Waals surface area contributed by atoms with Crippen molar-refractivity contribution in [3.05, 3.63) is 29.8 Å². The van der Waals surface area contributed by atoms with Crippen molar-refractivity contribution >= 4 is 17.6 Å². The molecular formula is C14H14N2O3. The lowest BCUT2D eigenvalue weighted by Crippen LogP contribution is -2.51. The summed E-state index contributed by atoms with van der Waals surface area (Å²) in [5, 5.41) is 18.0. The maximum Gasteiger partial charge on any atom is 0.319 e. The van der Waals surface area contributed by atoms with Crippen LogP contribution in [0, 0.1) is 16.7 Å². The average Bonchev–Trinajstić information content (AvgIpc) is 2.36. The molecule has 0 bridgehead atoms. The second-order valence-electron chi connectivity index (χ2n) is 4.76. The zero-order valence-electron chi connectivity index (χ0n) is 10.6. The van der Waals surface area contributed by atoms with E-state index in [9.17, 15) is 14.7 Å². The lowest BCUT2D eigenvalue weighted by atomic mass is 9.68. The molecule has 0 aliphatic heterocycles. The molecule has 19 heavy (non-hydrogen) atoms. The normalized spacial score (nSPS) is 16.0. The molecule has 0 atom stereocenters. The average molecular weight is 258 g/mol. The van der Waals surface area contributed by atoms with Gasteiger partial charge in [0.05, 0.1) is 11.6 Å². The van der Waals surface area contributed by atoms with Gasteiger partial charge in [-0.15, -0.1) is 0 Å². The van der Waals surface area contributed by atoms with Crippen LogP contribution in [0.5, 0.6) is 0 Å². The second kappa shape index (κ2) is 4.73. The summed E-state index contributed by atoms with van der Waals surface area (Å²) >= 11 is 0. The number of carboxylic acids is 1. The highest BCUT2D eigenvalue weighted by Gasteiger charge is 2.52. The van der Waals surface area contributed by atoms with Crippen LogP contribution in [0.2, 0.25) is 0 Å². The van der Waals surface area contributed by atoms with Crippen LogP contribution in [-0.4, -0.2) is 24.0 Å². The van der Waals surface area contributed by atoms with E-state index in [4.69, 9.17) is 5.26 Å². The summed E-state index contributed by atoms with van der Waals surface area (Å²) in [6.45, 7) is 0. The first-order valence-electron chi connectivity index (χ1n) is 6.03. The van der Waals surface area contributed by atoms with Crippen LogP contribution in [0.1, 0.15) is 24.8 Å². The molecule has 1 N–H and O–H groups in total. The molecule has 1 amide bonds. The first-order valence-corrected chi connectivity index (χ1v) is 6.03. The Hall–Kier alpha value is -2.35. The van der Waals surface area contributed by atoms with E-state index in [1.54, 1.807) is 31.3 Å². The van der Waals surface area contributed by atoms with E-state index in [0.717, 1.165) is 6.42 Å². The molecule has 1 fully saturated rings. The number of anilines is 1. The first-order chi connectivity index (χ1) is 9.01. The fraction of sp³-hybridized carbons (Fsp3) is 0.357. The van der Waals surface area contributed by atoms with Crippen molar-refractivity contribution in [2.45, 2.75) is 19.3 Å². The molecule has 0 saturated heterocycles. The van der Waals surface area contributed by atoms with Gasteiger partial charge in [0, 0.05) is 12.7 Å². The van der Waals surface area contributed by atoms with Gasteiger partial charge >= 0.3 is 5.97 Å². The summed E-state index contributed by atoms with van der Waals surface area (Å²) < 4.78 is 0. The molecule has 5 nitrogen and oxygen atoms in total. The summed E-state index contributed by atoms with van der Waals surface area (Å²) in [7, 11) is 1.56. The third-order valence-electron chi connectivity index (χ3n) is 3.71. The summed E-state index contributed by atoms with van der Waals surface area (Å²) in [6, 6.07) is 8.49. The molecule has 1 aliphatic carbocycles. The smallest absolute Gasteiger partial charge is 0.319 e. The SMILES string of the molecule is CN(C(=O)C1(C(=O)O)CCC1)c1ccc(C#N)cc1. The predicted molar refractivity (Wildman–Crippen MR) is 68.5 cm³/mol. The number of carbonyl (C=O) groups is 2. The standard InChI is InChI=1S/C14H14N2O3/c1-16(11-5-3-10(9-15)4-6-11)12(17)14(13(18)19)7-2-8-14/h3-6H,2,7-8H2,1H3,(H,18,19). The Balaban J connectivity index is 2.23. The lowest BCUT2D eigenvalue weighted by Gasteiger charge is -2.38. The topological polar surface area (TPSA) is 81.4 Å². The van der Waals surface area contributed by atoms with Gasteiger partial charge in [-0.05, 0) is 37.1 Å². The number of rotatable bonds is 3. The highest BCUT2D eigenvalue weighted by molar-refractivity contribution is 6.10. The van der Waals surface area contributed by atoms with Gasteiger partial charge in [0.15, 0.2) is 0 Å². The molecular weight excluding hydrogens is 244 g/mol. The van der Waals surface area contributed by atoms with E-state index in [0.29, 0.717) is 24.1 Å². The van der Waals surface area contributed by atoms with Gasteiger partial charge in [0.1, 0.15) is 5.41 Å². The number of amides is 1. The van der Waals surface area contributed by atoms with Crippen LogP contribution in [-0.2, 0) is 9.59 Å². The first kappa shape index (κ1) is 13.1. The number of hydrogen-bond donors (Lipinski definition) is 1. The van der Waals surface area contributed by atoms with Gasteiger partial charge in [-0.1, -0.05) is 6.42 Å². The molecule has 0 unspecified atom stereocenters. The van der Waals surface area contributed by atoms with Gasteiger partial charge in [0.25, 0.3) is 0 Å². The molecule has 2 rings (SSSR count). The number of nitriles is 1. The van der Waals surface area contributed by atoms with Crippen molar-refractivity contribution in [1.29, 1.82) is 5.26 Å².